The van der Waals surface area contributed by atoms with Crippen molar-refractivity contribution in [2.45, 2.75) is 392 Å². The summed E-state index contributed by atoms with van der Waals surface area (Å²) in [5.74, 6) is -0.0686. The first-order valence-electron chi connectivity index (χ1n) is 37.0. The van der Waals surface area contributed by atoms with Gasteiger partial charge in [0.15, 0.2) is 0 Å². The summed E-state index contributed by atoms with van der Waals surface area (Å²) in [6.45, 7) is 4.22. The van der Waals surface area contributed by atoms with Crippen molar-refractivity contribution in [1.29, 1.82) is 0 Å². The molecule has 83 heavy (non-hydrogen) atoms. The molecule has 0 rings (SSSR count). The first-order valence-corrected chi connectivity index (χ1v) is 37.0. The lowest BCUT2D eigenvalue weighted by atomic mass is 10.0. The van der Waals surface area contributed by atoms with Crippen LogP contribution in [0.4, 0.5) is 0 Å². The Morgan fingerprint density at radius 3 is 0.843 bits per heavy atom. The van der Waals surface area contributed by atoms with Gasteiger partial charge in [0.05, 0.1) is 18.8 Å². The maximum absolute atomic E-state index is 12.6. The third-order valence-corrected chi connectivity index (χ3v) is 16.8. The average molecular weight is 1160 g/mol. The molecule has 4 nitrogen and oxygen atoms in total. The van der Waals surface area contributed by atoms with Crippen LogP contribution >= 0.6 is 0 Å². The van der Waals surface area contributed by atoms with Crippen molar-refractivity contribution in [2.24, 2.45) is 0 Å². The maximum Gasteiger partial charge on any atom is 0.220 e. The summed E-state index contributed by atoms with van der Waals surface area (Å²) in [5.41, 5.74) is 0. The quantitative estimate of drug-likeness (QED) is 0.0420. The molecule has 4 heteroatoms. The summed E-state index contributed by atoms with van der Waals surface area (Å²) in [4.78, 5) is 12.6. The van der Waals surface area contributed by atoms with Crippen molar-refractivity contribution >= 4 is 5.91 Å². The molecular weight excluding hydrogens is 1010 g/mol. The number of amides is 1. The first-order chi connectivity index (χ1) is 41.2. The molecule has 0 aliphatic rings. The monoisotopic (exact) mass is 1150 g/mol. The van der Waals surface area contributed by atoms with Crippen LogP contribution in [0.3, 0.4) is 0 Å². The zero-order valence-electron chi connectivity index (χ0n) is 55.7. The molecule has 0 saturated carbocycles. The highest BCUT2D eigenvalue weighted by molar-refractivity contribution is 5.76. The summed E-state index contributed by atoms with van der Waals surface area (Å²) in [7, 11) is 0. The molecule has 2 unspecified atom stereocenters. The molecule has 0 bridgehead atoms. The molecule has 482 valence electrons. The molecule has 0 aliphatic heterocycles. The second-order valence-electron chi connectivity index (χ2n) is 25.0. The van der Waals surface area contributed by atoms with Gasteiger partial charge < -0.3 is 15.5 Å². The fraction of sp³-hybridized carbons (Fsp3) is 0.785. The van der Waals surface area contributed by atoms with Gasteiger partial charge in [-0.2, -0.15) is 0 Å². The number of hydrogen-bond donors (Lipinski definition) is 3. The third-order valence-electron chi connectivity index (χ3n) is 16.8. The molecule has 0 fully saturated rings. The summed E-state index contributed by atoms with van der Waals surface area (Å²) in [6.07, 6.45) is 109. The predicted octanol–water partition coefficient (Wildman–Crippen LogP) is 25.5. The van der Waals surface area contributed by atoms with Crippen molar-refractivity contribution in [3.8, 4) is 0 Å². The van der Waals surface area contributed by atoms with Crippen molar-refractivity contribution in [2.75, 3.05) is 6.61 Å². The highest BCUT2D eigenvalue weighted by Crippen LogP contribution is 2.19. The fourth-order valence-electron chi connectivity index (χ4n) is 11.3. The van der Waals surface area contributed by atoms with Crippen LogP contribution in [0.1, 0.15) is 380 Å². The Kier molecular flexibility index (Phi) is 71.2. The molecule has 0 saturated heterocycles. The molecule has 1 amide bonds. The fourth-order valence-corrected chi connectivity index (χ4v) is 11.3. The van der Waals surface area contributed by atoms with Gasteiger partial charge in [0.1, 0.15) is 0 Å². The number of allylic oxidation sites excluding steroid dienone is 15. The van der Waals surface area contributed by atoms with E-state index in [1.165, 1.54) is 289 Å². The molecule has 0 aliphatic carbocycles. The SMILES string of the molecule is CC/C=C\C/C=C\C/C=C\C/C=C\C/C=C\C/C=C\CCCCCCCCCCCCCCCCCCCCCCCCC(=O)NC(CO)C(O)/C=C/CC/C=C/CCCCCCCCCCCCCCCCCCCCCCCCCC. The van der Waals surface area contributed by atoms with Crippen LogP contribution < -0.4 is 5.32 Å². The first kappa shape index (κ1) is 80.3. The van der Waals surface area contributed by atoms with E-state index in [0.717, 1.165) is 70.6 Å². The Morgan fingerprint density at radius 1 is 0.301 bits per heavy atom. The molecule has 0 spiro atoms. The number of nitrogens with one attached hydrogen (secondary N) is 1. The molecule has 0 aromatic carbocycles. The Labute approximate surface area is 519 Å². The molecule has 0 radical (unpaired) electrons. The van der Waals surface area contributed by atoms with Gasteiger partial charge in [-0.05, 0) is 83.5 Å². The summed E-state index contributed by atoms with van der Waals surface area (Å²) in [6, 6.07) is -0.643. The number of hydrogen-bond acceptors (Lipinski definition) is 3. The summed E-state index contributed by atoms with van der Waals surface area (Å²) >= 11 is 0. The van der Waals surface area contributed by atoms with E-state index in [1.54, 1.807) is 6.08 Å². The highest BCUT2D eigenvalue weighted by Gasteiger charge is 2.18. The minimum absolute atomic E-state index is 0.0686. The van der Waals surface area contributed by atoms with Crippen molar-refractivity contribution < 1.29 is 15.0 Å². The number of carbonyl (C=O) groups is 1. The van der Waals surface area contributed by atoms with Gasteiger partial charge in [0, 0.05) is 6.42 Å². The second kappa shape index (κ2) is 73.6. The molecule has 2 atom stereocenters. The Hall–Kier alpha value is -2.69. The van der Waals surface area contributed by atoms with Crippen LogP contribution in [0, 0.1) is 0 Å². The van der Waals surface area contributed by atoms with Gasteiger partial charge >= 0.3 is 0 Å². The Bertz CT molecular complexity index is 1500. The van der Waals surface area contributed by atoms with Crippen LogP contribution in [-0.2, 0) is 4.79 Å². The van der Waals surface area contributed by atoms with E-state index in [4.69, 9.17) is 0 Å². The minimum Gasteiger partial charge on any atom is -0.394 e. The van der Waals surface area contributed by atoms with E-state index in [0.29, 0.717) is 6.42 Å². The zero-order valence-corrected chi connectivity index (χ0v) is 55.7. The standard InChI is InChI=1S/C79H143NO3/c1-3-5-7-9-11-13-15-17-19-21-23-25-27-29-31-33-35-36-37-38-39-40-41-42-43-44-45-47-49-51-53-55-57-59-61-63-65-67-69-71-73-75-79(83)80-77(76-81)78(82)74-72-70-68-66-64-62-60-58-56-54-52-50-48-46-34-32-30-28-26-24-22-20-18-16-14-12-10-8-6-4-2/h5,7,11,13,17,19,23,25,29,31,35-36,64,66,72,74,77-78,81-82H,3-4,6,8-10,12,14-16,18,20-22,24,26-28,30,32-34,37-63,65,67-71,73,75-76H2,1-2H3,(H,80,83)/b7-5-,13-11-,19-17-,25-23-,31-29-,36-35-,66-64+,74-72+. The maximum atomic E-state index is 12.6. The van der Waals surface area contributed by atoms with Crippen LogP contribution in [-0.4, -0.2) is 34.9 Å². The van der Waals surface area contributed by atoms with Gasteiger partial charge in [-0.1, -0.05) is 387 Å². The van der Waals surface area contributed by atoms with Gasteiger partial charge in [-0.3, -0.25) is 4.79 Å². The van der Waals surface area contributed by atoms with Gasteiger partial charge in [-0.25, -0.2) is 0 Å². The number of carbonyl (C=O) groups excluding carboxylic acids is 1. The molecule has 3 N–H and O–H groups in total. The normalized spacial score (nSPS) is 13.3. The van der Waals surface area contributed by atoms with Crippen LogP contribution in [0.15, 0.2) is 97.2 Å². The van der Waals surface area contributed by atoms with Gasteiger partial charge in [-0.15, -0.1) is 0 Å². The van der Waals surface area contributed by atoms with Crippen molar-refractivity contribution in [3.05, 3.63) is 97.2 Å². The van der Waals surface area contributed by atoms with E-state index in [-0.39, 0.29) is 12.5 Å². The zero-order chi connectivity index (χ0) is 59.8. The molecular formula is C79H143NO3. The van der Waals surface area contributed by atoms with Gasteiger partial charge in [0.25, 0.3) is 0 Å². The molecule has 0 heterocycles. The lowest BCUT2D eigenvalue weighted by molar-refractivity contribution is -0.123. The number of unbranched alkanes of at least 4 members (excludes halogenated alkanes) is 47. The smallest absolute Gasteiger partial charge is 0.220 e. The largest absolute Gasteiger partial charge is 0.394 e. The lowest BCUT2D eigenvalue weighted by Crippen LogP contribution is -2.45. The van der Waals surface area contributed by atoms with E-state index >= 15 is 0 Å². The number of rotatable bonds is 68. The highest BCUT2D eigenvalue weighted by atomic mass is 16.3. The lowest BCUT2D eigenvalue weighted by Gasteiger charge is -2.19. The van der Waals surface area contributed by atoms with Crippen molar-refractivity contribution in [1.82, 2.24) is 5.32 Å². The van der Waals surface area contributed by atoms with Crippen LogP contribution in [0.2, 0.25) is 0 Å². The summed E-state index contributed by atoms with van der Waals surface area (Å²) in [5, 5.41) is 23.3. The molecule has 0 aromatic heterocycles. The van der Waals surface area contributed by atoms with Crippen LogP contribution in [0.25, 0.3) is 0 Å². The minimum atomic E-state index is -0.867. The topological polar surface area (TPSA) is 69.6 Å². The van der Waals surface area contributed by atoms with Crippen molar-refractivity contribution in [3.63, 3.8) is 0 Å². The third kappa shape index (κ3) is 70.0. The van der Waals surface area contributed by atoms with E-state index < -0.39 is 12.1 Å². The van der Waals surface area contributed by atoms with E-state index in [9.17, 15) is 15.0 Å². The van der Waals surface area contributed by atoms with E-state index in [1.807, 2.05) is 6.08 Å². The van der Waals surface area contributed by atoms with Gasteiger partial charge in [0.2, 0.25) is 5.91 Å². The second-order valence-corrected chi connectivity index (χ2v) is 25.0. The summed E-state index contributed by atoms with van der Waals surface area (Å²) < 4.78 is 0. The predicted molar refractivity (Wildman–Crippen MR) is 373 cm³/mol. The Morgan fingerprint density at radius 2 is 0.542 bits per heavy atom. The van der Waals surface area contributed by atoms with E-state index in [2.05, 4.69) is 104 Å². The van der Waals surface area contributed by atoms with Crippen LogP contribution in [0.5, 0.6) is 0 Å². The molecule has 0 aromatic rings. The number of aliphatic hydroxyl groups excluding tert-OH is 2. The average Bonchev–Trinajstić information content (AvgIpc) is 3.51. The Balaban J connectivity index is 3.46. The number of aliphatic hydroxyl groups is 2.